The van der Waals surface area contributed by atoms with E-state index in [1.165, 1.54) is 13.1 Å². The molecule has 78 valence electrons. The summed E-state index contributed by atoms with van der Waals surface area (Å²) in [4.78, 5) is 24.9. The van der Waals surface area contributed by atoms with Gasteiger partial charge in [-0.3, -0.25) is 4.79 Å². The van der Waals surface area contributed by atoms with Crippen molar-refractivity contribution in [2.75, 3.05) is 0 Å². The largest absolute Gasteiger partial charge is 0.509 e. The van der Waals surface area contributed by atoms with Crippen LogP contribution in [0.1, 0.15) is 26.7 Å². The highest BCUT2D eigenvalue weighted by atomic mass is 16.8. The number of hydrogen-bond acceptors (Lipinski definition) is 4. The molecular weight excluding hydrogens is 186 g/mol. The van der Waals surface area contributed by atoms with E-state index in [2.05, 4.69) is 4.99 Å². The lowest BCUT2D eigenvalue weighted by Gasteiger charge is -2.08. The number of rotatable bonds is 3. The molecule has 0 saturated carbocycles. The molecule has 1 aliphatic heterocycles. The highest BCUT2D eigenvalue weighted by molar-refractivity contribution is 5.86. The zero-order valence-electron chi connectivity index (χ0n) is 8.23. The molecule has 0 bridgehead atoms. The molecule has 0 aromatic carbocycles. The number of cyclic esters (lactones) is 2. The maximum absolute atomic E-state index is 10.8. The molecule has 0 aliphatic carbocycles. The van der Waals surface area contributed by atoms with Crippen LogP contribution in [0.2, 0.25) is 0 Å². The van der Waals surface area contributed by atoms with Crippen molar-refractivity contribution in [2.24, 2.45) is 4.99 Å². The summed E-state index contributed by atoms with van der Waals surface area (Å²) in [5.74, 6) is -0.316. The van der Waals surface area contributed by atoms with Crippen LogP contribution in [0.5, 0.6) is 0 Å². The van der Waals surface area contributed by atoms with Gasteiger partial charge in [0.05, 0.1) is 6.21 Å². The molecule has 0 aromatic heterocycles. The highest BCUT2D eigenvalue weighted by Crippen LogP contribution is 2.18. The Bertz CT molecular complexity index is 262. The van der Waals surface area contributed by atoms with Gasteiger partial charge in [0.2, 0.25) is 5.91 Å². The van der Waals surface area contributed by atoms with Crippen LogP contribution in [0.4, 0.5) is 4.79 Å². The standard InChI is InChI=1S/C9H13NO4/c1-3-4-7-8(5-10-6(2)11)14-9(12)13-7/h5,7-8H,3-4H2,1-2H3. The molecule has 1 amide bonds. The maximum Gasteiger partial charge on any atom is 0.509 e. The van der Waals surface area contributed by atoms with Crippen LogP contribution < -0.4 is 0 Å². The molecule has 1 fully saturated rings. The fourth-order valence-corrected chi connectivity index (χ4v) is 1.22. The van der Waals surface area contributed by atoms with E-state index >= 15 is 0 Å². The number of nitrogens with zero attached hydrogens (tertiary/aromatic N) is 1. The van der Waals surface area contributed by atoms with E-state index in [0.29, 0.717) is 6.42 Å². The molecule has 5 heteroatoms. The molecule has 0 N–H and O–H groups in total. The molecule has 1 aliphatic rings. The quantitative estimate of drug-likeness (QED) is 0.507. The monoisotopic (exact) mass is 199 g/mol. The lowest BCUT2D eigenvalue weighted by molar-refractivity contribution is -0.115. The van der Waals surface area contributed by atoms with Crippen molar-refractivity contribution >= 4 is 18.3 Å². The summed E-state index contributed by atoms with van der Waals surface area (Å²) in [5, 5.41) is 0. The molecule has 0 spiro atoms. The zero-order chi connectivity index (χ0) is 10.6. The molecule has 2 unspecified atom stereocenters. The third-order valence-corrected chi connectivity index (χ3v) is 1.82. The SMILES string of the molecule is CCCC1OC(=O)OC1C=NC(C)=O. The Morgan fingerprint density at radius 3 is 2.86 bits per heavy atom. The fraction of sp³-hybridized carbons (Fsp3) is 0.667. The van der Waals surface area contributed by atoms with Crippen LogP contribution >= 0.6 is 0 Å². The smallest absolute Gasteiger partial charge is 0.427 e. The Balaban J connectivity index is 2.57. The van der Waals surface area contributed by atoms with Gasteiger partial charge >= 0.3 is 6.16 Å². The molecule has 0 radical (unpaired) electrons. The van der Waals surface area contributed by atoms with Crippen molar-refractivity contribution in [3.05, 3.63) is 0 Å². The minimum Gasteiger partial charge on any atom is -0.427 e. The topological polar surface area (TPSA) is 65.0 Å². The summed E-state index contributed by atoms with van der Waals surface area (Å²) in [6, 6.07) is 0. The number of ether oxygens (including phenoxy) is 2. The van der Waals surface area contributed by atoms with Crippen molar-refractivity contribution in [2.45, 2.75) is 38.9 Å². The van der Waals surface area contributed by atoms with Crippen LogP contribution in [-0.2, 0) is 14.3 Å². The summed E-state index contributed by atoms with van der Waals surface area (Å²) in [6.45, 7) is 3.31. The van der Waals surface area contributed by atoms with E-state index in [4.69, 9.17) is 9.47 Å². The van der Waals surface area contributed by atoms with E-state index in [1.54, 1.807) is 0 Å². The average Bonchev–Trinajstić information content (AvgIpc) is 2.44. The predicted molar refractivity (Wildman–Crippen MR) is 49.2 cm³/mol. The number of carbonyl (C=O) groups excluding carboxylic acids is 2. The second kappa shape index (κ2) is 4.74. The summed E-state index contributed by atoms with van der Waals surface area (Å²) >= 11 is 0. The van der Waals surface area contributed by atoms with Crippen molar-refractivity contribution in [3.63, 3.8) is 0 Å². The Labute approximate surface area is 82.1 Å². The van der Waals surface area contributed by atoms with Gasteiger partial charge in [0.15, 0.2) is 6.10 Å². The van der Waals surface area contributed by atoms with Gasteiger partial charge in [-0.2, -0.15) is 0 Å². The van der Waals surface area contributed by atoms with E-state index < -0.39 is 12.3 Å². The van der Waals surface area contributed by atoms with Crippen LogP contribution in [0, 0.1) is 0 Å². The molecule has 2 atom stereocenters. The van der Waals surface area contributed by atoms with E-state index in [9.17, 15) is 9.59 Å². The molecule has 1 rings (SSSR count). The lowest BCUT2D eigenvalue weighted by atomic mass is 10.1. The van der Waals surface area contributed by atoms with Gasteiger partial charge in [-0.1, -0.05) is 13.3 Å². The van der Waals surface area contributed by atoms with Crippen LogP contribution in [0.3, 0.4) is 0 Å². The number of carbonyl (C=O) groups is 2. The van der Waals surface area contributed by atoms with Gasteiger partial charge in [0.25, 0.3) is 0 Å². The Kier molecular flexibility index (Phi) is 3.62. The molecule has 14 heavy (non-hydrogen) atoms. The molecular formula is C9H13NO4. The zero-order valence-corrected chi connectivity index (χ0v) is 8.23. The van der Waals surface area contributed by atoms with E-state index in [1.807, 2.05) is 6.92 Å². The van der Waals surface area contributed by atoms with E-state index in [0.717, 1.165) is 6.42 Å². The summed E-state index contributed by atoms with van der Waals surface area (Å²) in [5.41, 5.74) is 0. The molecule has 5 nitrogen and oxygen atoms in total. The van der Waals surface area contributed by atoms with Gasteiger partial charge in [-0.25, -0.2) is 9.79 Å². The Hall–Kier alpha value is -1.39. The van der Waals surface area contributed by atoms with Crippen molar-refractivity contribution in [1.29, 1.82) is 0 Å². The molecule has 1 heterocycles. The number of amides is 1. The van der Waals surface area contributed by atoms with Gasteiger partial charge < -0.3 is 9.47 Å². The van der Waals surface area contributed by atoms with Gasteiger partial charge in [0, 0.05) is 6.92 Å². The number of hydrogen-bond donors (Lipinski definition) is 0. The van der Waals surface area contributed by atoms with E-state index in [-0.39, 0.29) is 12.0 Å². The first kappa shape index (κ1) is 10.7. The van der Waals surface area contributed by atoms with Gasteiger partial charge in [-0.05, 0) is 6.42 Å². The minimum atomic E-state index is -0.691. The van der Waals surface area contributed by atoms with Crippen molar-refractivity contribution in [3.8, 4) is 0 Å². The van der Waals surface area contributed by atoms with Gasteiger partial charge in [-0.15, -0.1) is 0 Å². The minimum absolute atomic E-state index is 0.310. The normalized spacial score (nSPS) is 26.3. The van der Waals surface area contributed by atoms with Crippen LogP contribution in [-0.4, -0.2) is 30.5 Å². The van der Waals surface area contributed by atoms with Crippen LogP contribution in [0.15, 0.2) is 4.99 Å². The van der Waals surface area contributed by atoms with Crippen molar-refractivity contribution < 1.29 is 19.1 Å². The Morgan fingerprint density at radius 2 is 2.29 bits per heavy atom. The maximum atomic E-state index is 10.8. The molecule has 0 aromatic rings. The third kappa shape index (κ3) is 2.83. The van der Waals surface area contributed by atoms with Gasteiger partial charge in [0.1, 0.15) is 6.10 Å². The second-order valence-corrected chi connectivity index (χ2v) is 3.07. The summed E-state index contributed by atoms with van der Waals surface area (Å²) < 4.78 is 9.70. The second-order valence-electron chi connectivity index (χ2n) is 3.07. The predicted octanol–water partition coefficient (Wildman–Crippen LogP) is 1.31. The first-order valence-corrected chi connectivity index (χ1v) is 4.55. The first-order valence-electron chi connectivity index (χ1n) is 4.55. The van der Waals surface area contributed by atoms with Crippen molar-refractivity contribution in [1.82, 2.24) is 0 Å². The highest BCUT2D eigenvalue weighted by Gasteiger charge is 2.34. The third-order valence-electron chi connectivity index (χ3n) is 1.82. The van der Waals surface area contributed by atoms with Crippen LogP contribution in [0.25, 0.3) is 0 Å². The molecule has 1 saturated heterocycles. The summed E-state index contributed by atoms with van der Waals surface area (Å²) in [6.07, 6.45) is 1.39. The fourth-order valence-electron chi connectivity index (χ4n) is 1.22. The average molecular weight is 199 g/mol. The first-order chi connectivity index (χ1) is 6.63. The lowest BCUT2D eigenvalue weighted by Crippen LogP contribution is -2.24. The summed E-state index contributed by atoms with van der Waals surface area (Å²) in [7, 11) is 0. The number of aliphatic imine (C=N–C) groups is 1. The Morgan fingerprint density at radius 1 is 1.57 bits per heavy atom.